The number of para-hydroxylation sites is 2. The lowest BCUT2D eigenvalue weighted by atomic mass is 9.96. The molecule has 0 aromatic heterocycles. The van der Waals surface area contributed by atoms with E-state index in [2.05, 4.69) is 5.32 Å². The summed E-state index contributed by atoms with van der Waals surface area (Å²) < 4.78 is 5.21. The van der Waals surface area contributed by atoms with Crippen molar-refractivity contribution in [3.05, 3.63) is 24.3 Å². The Morgan fingerprint density at radius 2 is 1.90 bits per heavy atom. The highest BCUT2D eigenvalue weighted by atomic mass is 16.5. The van der Waals surface area contributed by atoms with Crippen molar-refractivity contribution in [2.45, 2.75) is 19.8 Å². The first kappa shape index (κ1) is 14.4. The van der Waals surface area contributed by atoms with Crippen LogP contribution >= 0.6 is 0 Å². The van der Waals surface area contributed by atoms with E-state index in [4.69, 9.17) is 4.74 Å². The number of carbonyl (C=O) groups is 2. The van der Waals surface area contributed by atoms with Crippen LogP contribution < -0.4 is 10.1 Å². The van der Waals surface area contributed by atoms with Crippen LogP contribution in [0.15, 0.2) is 24.3 Å². The molecule has 1 saturated heterocycles. The number of hydrogen-bond donors (Lipinski definition) is 1. The number of nitrogens with zero attached hydrogens (tertiary/aromatic N) is 1. The number of amides is 2. The summed E-state index contributed by atoms with van der Waals surface area (Å²) in [5.41, 5.74) is 0.689. The average molecular weight is 276 g/mol. The molecule has 0 aliphatic carbocycles. The van der Waals surface area contributed by atoms with Gasteiger partial charge in [-0.3, -0.25) is 9.59 Å². The topological polar surface area (TPSA) is 58.6 Å². The molecule has 0 radical (unpaired) electrons. The molecular weight excluding hydrogens is 256 g/mol. The minimum atomic E-state index is -0.0458. The summed E-state index contributed by atoms with van der Waals surface area (Å²) in [6.07, 6.45) is 1.42. The van der Waals surface area contributed by atoms with Gasteiger partial charge in [0.25, 0.3) is 0 Å². The van der Waals surface area contributed by atoms with Gasteiger partial charge in [0.15, 0.2) is 0 Å². The van der Waals surface area contributed by atoms with Crippen LogP contribution in [0.2, 0.25) is 0 Å². The number of carbonyl (C=O) groups excluding carboxylic acids is 2. The van der Waals surface area contributed by atoms with Crippen LogP contribution in [0, 0.1) is 5.92 Å². The predicted molar refractivity (Wildman–Crippen MR) is 76.6 cm³/mol. The molecule has 1 aliphatic heterocycles. The molecular formula is C15H20N2O3. The predicted octanol–water partition coefficient (Wildman–Crippen LogP) is 1.89. The lowest BCUT2D eigenvalue weighted by Gasteiger charge is -2.30. The second-order valence-electron chi connectivity index (χ2n) is 4.97. The number of anilines is 1. The first-order valence-electron chi connectivity index (χ1n) is 6.81. The van der Waals surface area contributed by atoms with Crippen LogP contribution in [0.4, 0.5) is 5.69 Å². The highest BCUT2D eigenvalue weighted by molar-refractivity contribution is 5.94. The Hall–Kier alpha value is -2.04. The van der Waals surface area contributed by atoms with Gasteiger partial charge in [-0.25, -0.2) is 0 Å². The quantitative estimate of drug-likeness (QED) is 0.917. The molecule has 0 unspecified atom stereocenters. The Bertz CT molecular complexity index is 494. The van der Waals surface area contributed by atoms with Crippen LogP contribution in [-0.2, 0) is 9.59 Å². The molecule has 0 atom stereocenters. The smallest absolute Gasteiger partial charge is 0.227 e. The Morgan fingerprint density at radius 1 is 1.25 bits per heavy atom. The van der Waals surface area contributed by atoms with E-state index in [9.17, 15) is 9.59 Å². The van der Waals surface area contributed by atoms with Crippen molar-refractivity contribution >= 4 is 17.5 Å². The summed E-state index contributed by atoms with van der Waals surface area (Å²) in [5, 5.41) is 2.91. The van der Waals surface area contributed by atoms with E-state index in [1.165, 1.54) is 0 Å². The van der Waals surface area contributed by atoms with Gasteiger partial charge >= 0.3 is 0 Å². The highest BCUT2D eigenvalue weighted by Crippen LogP contribution is 2.25. The first-order chi connectivity index (χ1) is 9.61. The summed E-state index contributed by atoms with van der Waals surface area (Å²) in [6, 6.07) is 7.35. The first-order valence-corrected chi connectivity index (χ1v) is 6.81. The summed E-state index contributed by atoms with van der Waals surface area (Å²) in [5.74, 6) is 0.684. The fourth-order valence-corrected chi connectivity index (χ4v) is 2.44. The van der Waals surface area contributed by atoms with E-state index in [0.29, 0.717) is 37.4 Å². The largest absolute Gasteiger partial charge is 0.495 e. The number of likely N-dealkylation sites (tertiary alicyclic amines) is 1. The van der Waals surface area contributed by atoms with Crippen LogP contribution in [0.25, 0.3) is 0 Å². The van der Waals surface area contributed by atoms with Crippen molar-refractivity contribution in [2.75, 3.05) is 25.5 Å². The molecule has 1 N–H and O–H groups in total. The molecule has 0 spiro atoms. The number of nitrogens with one attached hydrogen (secondary N) is 1. The molecule has 1 heterocycles. The maximum atomic E-state index is 12.2. The molecule has 1 fully saturated rings. The summed E-state index contributed by atoms with van der Waals surface area (Å²) >= 11 is 0. The summed E-state index contributed by atoms with van der Waals surface area (Å²) in [7, 11) is 1.58. The molecule has 1 aromatic rings. The molecule has 1 aromatic carbocycles. The number of piperidine rings is 1. The zero-order valence-electron chi connectivity index (χ0n) is 11.9. The molecule has 1 aliphatic rings. The van der Waals surface area contributed by atoms with Crippen molar-refractivity contribution in [2.24, 2.45) is 5.92 Å². The summed E-state index contributed by atoms with van der Waals surface area (Å²) in [4.78, 5) is 25.3. The van der Waals surface area contributed by atoms with E-state index < -0.39 is 0 Å². The van der Waals surface area contributed by atoms with Gasteiger partial charge in [-0.2, -0.15) is 0 Å². The molecule has 20 heavy (non-hydrogen) atoms. The normalized spacial score (nSPS) is 15.8. The number of benzene rings is 1. The van der Waals surface area contributed by atoms with Gasteiger partial charge < -0.3 is 15.0 Å². The molecule has 0 saturated carbocycles. The van der Waals surface area contributed by atoms with Gasteiger partial charge in [-0.1, -0.05) is 12.1 Å². The van der Waals surface area contributed by atoms with Gasteiger partial charge in [-0.15, -0.1) is 0 Å². The second-order valence-corrected chi connectivity index (χ2v) is 4.97. The van der Waals surface area contributed by atoms with Crippen molar-refractivity contribution < 1.29 is 14.3 Å². The fourth-order valence-electron chi connectivity index (χ4n) is 2.44. The van der Waals surface area contributed by atoms with Crippen molar-refractivity contribution in [3.8, 4) is 5.75 Å². The van der Waals surface area contributed by atoms with E-state index in [1.54, 1.807) is 18.9 Å². The van der Waals surface area contributed by atoms with Gasteiger partial charge in [0.05, 0.1) is 12.8 Å². The molecule has 2 rings (SSSR count). The maximum Gasteiger partial charge on any atom is 0.227 e. The van der Waals surface area contributed by atoms with E-state index in [-0.39, 0.29) is 17.7 Å². The summed E-state index contributed by atoms with van der Waals surface area (Å²) in [6.45, 7) is 2.87. The number of rotatable bonds is 3. The van der Waals surface area contributed by atoms with E-state index >= 15 is 0 Å². The van der Waals surface area contributed by atoms with E-state index in [1.807, 2.05) is 24.3 Å². The third-order valence-corrected chi connectivity index (χ3v) is 3.68. The molecule has 0 bridgehead atoms. The lowest BCUT2D eigenvalue weighted by Crippen LogP contribution is -2.40. The molecule has 2 amide bonds. The third kappa shape index (κ3) is 3.29. The highest BCUT2D eigenvalue weighted by Gasteiger charge is 2.26. The zero-order valence-corrected chi connectivity index (χ0v) is 11.9. The Morgan fingerprint density at radius 3 is 2.50 bits per heavy atom. The second kappa shape index (κ2) is 6.41. The minimum absolute atomic E-state index is 0.00213. The Labute approximate surface area is 118 Å². The molecule has 5 heteroatoms. The van der Waals surface area contributed by atoms with E-state index in [0.717, 1.165) is 0 Å². The van der Waals surface area contributed by atoms with Crippen molar-refractivity contribution in [1.29, 1.82) is 0 Å². The average Bonchev–Trinajstić information content (AvgIpc) is 2.48. The number of hydrogen-bond acceptors (Lipinski definition) is 3. The zero-order chi connectivity index (χ0) is 14.5. The van der Waals surface area contributed by atoms with Crippen LogP contribution in [0.5, 0.6) is 5.75 Å². The number of ether oxygens (including phenoxy) is 1. The molecule has 5 nitrogen and oxygen atoms in total. The lowest BCUT2D eigenvalue weighted by molar-refractivity contribution is -0.132. The van der Waals surface area contributed by atoms with Crippen LogP contribution in [-0.4, -0.2) is 36.9 Å². The number of methoxy groups -OCH3 is 1. The fraction of sp³-hybridized carbons (Fsp3) is 0.467. The SMILES string of the molecule is COc1ccccc1NC(=O)C1CCN(C(C)=O)CC1. The molecule has 108 valence electrons. The maximum absolute atomic E-state index is 12.2. The van der Waals surface area contributed by atoms with Gasteiger partial charge in [-0.05, 0) is 25.0 Å². The monoisotopic (exact) mass is 276 g/mol. The standard InChI is InChI=1S/C15H20N2O3/c1-11(18)17-9-7-12(8-10-17)15(19)16-13-5-3-4-6-14(13)20-2/h3-6,12H,7-10H2,1-2H3,(H,16,19). The van der Waals surface area contributed by atoms with Crippen LogP contribution in [0.3, 0.4) is 0 Å². The minimum Gasteiger partial charge on any atom is -0.495 e. The van der Waals surface area contributed by atoms with Gasteiger partial charge in [0.1, 0.15) is 5.75 Å². The van der Waals surface area contributed by atoms with Gasteiger partial charge in [0, 0.05) is 25.9 Å². The third-order valence-electron chi connectivity index (χ3n) is 3.68. The van der Waals surface area contributed by atoms with Gasteiger partial charge in [0.2, 0.25) is 11.8 Å². The van der Waals surface area contributed by atoms with Crippen molar-refractivity contribution in [3.63, 3.8) is 0 Å². The van der Waals surface area contributed by atoms with Crippen molar-refractivity contribution in [1.82, 2.24) is 4.90 Å². The van der Waals surface area contributed by atoms with Crippen LogP contribution in [0.1, 0.15) is 19.8 Å². The Kier molecular flexibility index (Phi) is 4.61. The Balaban J connectivity index is 1.94.